The third-order valence-electron chi connectivity index (χ3n) is 3.81. The van der Waals surface area contributed by atoms with E-state index in [4.69, 9.17) is 6.42 Å². The Balaban J connectivity index is 1.44. The maximum atomic E-state index is 11.9. The lowest BCUT2D eigenvalue weighted by Crippen LogP contribution is -2.25. The van der Waals surface area contributed by atoms with Crippen LogP contribution in [0.1, 0.15) is 31.5 Å². The molecule has 0 bridgehead atoms. The summed E-state index contributed by atoms with van der Waals surface area (Å²) in [5.41, 5.74) is 0.506. The van der Waals surface area contributed by atoms with Gasteiger partial charge in [0.2, 0.25) is 5.91 Å². The summed E-state index contributed by atoms with van der Waals surface area (Å²) in [5.74, 6) is 3.07. The first-order chi connectivity index (χ1) is 11.7. The van der Waals surface area contributed by atoms with Crippen molar-refractivity contribution in [3.05, 3.63) is 42.5 Å². The van der Waals surface area contributed by atoms with Crippen molar-refractivity contribution in [2.45, 2.75) is 37.9 Å². The van der Waals surface area contributed by atoms with Gasteiger partial charge in [-0.15, -0.1) is 17.4 Å². The molecule has 122 valence electrons. The van der Waals surface area contributed by atoms with E-state index in [-0.39, 0.29) is 5.91 Å². The zero-order valence-corrected chi connectivity index (χ0v) is 13.2. The van der Waals surface area contributed by atoms with Crippen molar-refractivity contribution < 1.29 is 4.79 Å². The van der Waals surface area contributed by atoms with Crippen LogP contribution in [0.15, 0.2) is 46.9 Å². The Bertz CT molecular complexity index is 768. The van der Waals surface area contributed by atoms with Gasteiger partial charge in [0.25, 0.3) is 0 Å². The Morgan fingerprint density at radius 2 is 2.04 bits per heavy atom. The number of rotatable bonds is 8. The van der Waals surface area contributed by atoms with E-state index in [0.29, 0.717) is 38.1 Å². The molecule has 0 aliphatic carbocycles. The van der Waals surface area contributed by atoms with Crippen molar-refractivity contribution in [1.82, 2.24) is 20.1 Å². The lowest BCUT2D eigenvalue weighted by molar-refractivity contribution is -0.121. The van der Waals surface area contributed by atoms with Gasteiger partial charge in [0, 0.05) is 25.7 Å². The number of nitrogens with one attached hydrogen (secondary N) is 1. The molecule has 0 spiro atoms. The molecule has 1 N–H and O–H groups in total. The fourth-order valence-electron chi connectivity index (χ4n) is 2.33. The summed E-state index contributed by atoms with van der Waals surface area (Å²) in [6.45, 7) is 0.296. The molecule has 1 aliphatic heterocycles. The molecule has 0 unspecified atom stereocenters. The normalized spacial score (nSPS) is 14.1. The van der Waals surface area contributed by atoms with E-state index in [1.165, 1.54) is 0 Å². The second-order valence-corrected chi connectivity index (χ2v) is 5.60. The molecular weight excluding hydrogens is 304 g/mol. The van der Waals surface area contributed by atoms with Crippen LogP contribution in [0, 0.1) is 12.3 Å². The molecule has 0 radical (unpaired) electrons. The van der Waals surface area contributed by atoms with Gasteiger partial charge < -0.3 is 5.32 Å². The van der Waals surface area contributed by atoms with Crippen LogP contribution in [0.3, 0.4) is 0 Å². The van der Waals surface area contributed by atoms with E-state index in [0.717, 1.165) is 5.69 Å². The maximum absolute atomic E-state index is 11.9. The number of aromatic nitrogens is 3. The molecule has 2 heterocycles. The Morgan fingerprint density at radius 3 is 2.75 bits per heavy atom. The highest BCUT2D eigenvalue weighted by Gasteiger charge is 2.39. The SMILES string of the molecule is C#CCCC1(CCC(=O)NCc2ncn(-c3ccccc3)n2)N=N1. The topological polar surface area (TPSA) is 84.5 Å². The Morgan fingerprint density at radius 1 is 1.25 bits per heavy atom. The molecule has 1 aromatic heterocycles. The number of nitrogens with zero attached hydrogens (tertiary/aromatic N) is 5. The molecule has 1 aromatic carbocycles. The van der Waals surface area contributed by atoms with Crippen LogP contribution in [-0.4, -0.2) is 26.3 Å². The van der Waals surface area contributed by atoms with E-state index >= 15 is 0 Å². The van der Waals surface area contributed by atoms with Crippen LogP contribution in [0.2, 0.25) is 0 Å². The molecule has 7 heteroatoms. The highest BCUT2D eigenvalue weighted by molar-refractivity contribution is 5.75. The number of terminal acetylenes is 1. The van der Waals surface area contributed by atoms with Gasteiger partial charge in [-0.05, 0) is 12.1 Å². The van der Waals surface area contributed by atoms with Crippen LogP contribution in [-0.2, 0) is 11.3 Å². The minimum Gasteiger partial charge on any atom is -0.349 e. The summed E-state index contributed by atoms with van der Waals surface area (Å²) in [6.07, 6.45) is 9.16. The number of carbonyl (C=O) groups excluding carboxylic acids is 1. The second kappa shape index (κ2) is 7.04. The molecule has 0 atom stereocenters. The zero-order valence-electron chi connectivity index (χ0n) is 13.2. The Labute approximate surface area is 140 Å². The maximum Gasteiger partial charge on any atom is 0.220 e. The molecule has 24 heavy (non-hydrogen) atoms. The van der Waals surface area contributed by atoms with Crippen LogP contribution < -0.4 is 5.32 Å². The van der Waals surface area contributed by atoms with Crippen LogP contribution in [0.25, 0.3) is 5.69 Å². The lowest BCUT2D eigenvalue weighted by Gasteiger charge is -2.08. The Hall–Kier alpha value is -3.01. The van der Waals surface area contributed by atoms with Crippen molar-refractivity contribution in [3.8, 4) is 18.0 Å². The average molecular weight is 322 g/mol. The standard InChI is InChI=1S/C17H18N6O/c1-2-3-10-17(21-22-17)11-9-16(24)18-12-15-19-13-23(20-15)14-7-5-4-6-8-14/h1,4-8,13H,3,9-12H2,(H,18,24). The van der Waals surface area contributed by atoms with Crippen molar-refractivity contribution in [3.63, 3.8) is 0 Å². The van der Waals surface area contributed by atoms with E-state index in [9.17, 15) is 4.79 Å². The third kappa shape index (κ3) is 4.04. The number of amides is 1. The highest BCUT2D eigenvalue weighted by Crippen LogP contribution is 2.37. The van der Waals surface area contributed by atoms with Crippen LogP contribution >= 0.6 is 0 Å². The fraction of sp³-hybridized carbons (Fsp3) is 0.353. The number of hydrogen-bond acceptors (Lipinski definition) is 5. The van der Waals surface area contributed by atoms with Gasteiger partial charge in [-0.3, -0.25) is 4.79 Å². The van der Waals surface area contributed by atoms with E-state index in [1.54, 1.807) is 11.0 Å². The largest absolute Gasteiger partial charge is 0.349 e. The van der Waals surface area contributed by atoms with E-state index in [2.05, 4.69) is 31.5 Å². The zero-order chi connectivity index (χ0) is 16.8. The van der Waals surface area contributed by atoms with Gasteiger partial charge in [0.1, 0.15) is 6.33 Å². The molecule has 2 aromatic rings. The molecule has 3 rings (SSSR count). The van der Waals surface area contributed by atoms with Gasteiger partial charge in [-0.25, -0.2) is 9.67 Å². The molecular formula is C17H18N6O. The third-order valence-corrected chi connectivity index (χ3v) is 3.81. The van der Waals surface area contributed by atoms with Crippen LogP contribution in [0.4, 0.5) is 0 Å². The minimum atomic E-state index is -0.420. The first-order valence-corrected chi connectivity index (χ1v) is 7.81. The summed E-state index contributed by atoms with van der Waals surface area (Å²) in [7, 11) is 0. The first-order valence-electron chi connectivity index (χ1n) is 7.81. The number of hydrogen-bond donors (Lipinski definition) is 1. The van der Waals surface area contributed by atoms with Gasteiger partial charge >= 0.3 is 0 Å². The monoisotopic (exact) mass is 322 g/mol. The summed E-state index contributed by atoms with van der Waals surface area (Å²) >= 11 is 0. The van der Waals surface area contributed by atoms with Crippen molar-refractivity contribution >= 4 is 5.91 Å². The Kier molecular flexibility index (Phi) is 4.66. The highest BCUT2D eigenvalue weighted by atomic mass is 16.1. The first kappa shape index (κ1) is 15.9. The van der Waals surface area contributed by atoms with Crippen molar-refractivity contribution in [2.24, 2.45) is 10.2 Å². The number of carbonyl (C=O) groups is 1. The quantitative estimate of drug-likeness (QED) is 0.756. The van der Waals surface area contributed by atoms with Gasteiger partial charge in [0.05, 0.1) is 12.2 Å². The summed E-state index contributed by atoms with van der Waals surface area (Å²) in [5, 5.41) is 15.2. The van der Waals surface area contributed by atoms with Gasteiger partial charge in [-0.2, -0.15) is 10.2 Å². The smallest absolute Gasteiger partial charge is 0.220 e. The number of para-hydroxylation sites is 1. The molecule has 7 nitrogen and oxygen atoms in total. The summed E-state index contributed by atoms with van der Waals surface area (Å²) < 4.78 is 1.68. The summed E-state index contributed by atoms with van der Waals surface area (Å²) in [6, 6.07) is 9.69. The number of benzene rings is 1. The van der Waals surface area contributed by atoms with E-state index in [1.807, 2.05) is 30.3 Å². The average Bonchev–Trinajstić information content (AvgIpc) is 3.23. The predicted octanol–water partition coefficient (Wildman–Crippen LogP) is 2.24. The molecule has 0 saturated carbocycles. The summed E-state index contributed by atoms with van der Waals surface area (Å²) in [4.78, 5) is 16.1. The molecule has 0 fully saturated rings. The minimum absolute atomic E-state index is 0.0663. The molecule has 0 saturated heterocycles. The second-order valence-electron chi connectivity index (χ2n) is 5.60. The van der Waals surface area contributed by atoms with Crippen LogP contribution in [0.5, 0.6) is 0 Å². The van der Waals surface area contributed by atoms with E-state index < -0.39 is 5.66 Å². The predicted molar refractivity (Wildman–Crippen MR) is 88.1 cm³/mol. The van der Waals surface area contributed by atoms with Crippen molar-refractivity contribution in [1.29, 1.82) is 0 Å². The van der Waals surface area contributed by atoms with Gasteiger partial charge in [0.15, 0.2) is 11.5 Å². The molecule has 1 amide bonds. The van der Waals surface area contributed by atoms with Gasteiger partial charge in [-0.1, -0.05) is 18.2 Å². The molecule has 1 aliphatic rings. The van der Waals surface area contributed by atoms with Crippen molar-refractivity contribution in [2.75, 3.05) is 0 Å². The fourth-order valence-corrected chi connectivity index (χ4v) is 2.33. The lowest BCUT2D eigenvalue weighted by atomic mass is 10.0.